The van der Waals surface area contributed by atoms with Gasteiger partial charge in [0.05, 0.1) is 33.7 Å². The van der Waals surface area contributed by atoms with E-state index in [4.69, 9.17) is 16.3 Å². The Kier molecular flexibility index (Phi) is 6.68. The Labute approximate surface area is 237 Å². The van der Waals surface area contributed by atoms with E-state index in [1.807, 2.05) is 48.2 Å². The summed E-state index contributed by atoms with van der Waals surface area (Å²) >= 11 is 7.09. The number of aromatic nitrogens is 3. The van der Waals surface area contributed by atoms with Gasteiger partial charge in [-0.15, -0.1) is 0 Å². The van der Waals surface area contributed by atoms with Crippen molar-refractivity contribution in [2.24, 2.45) is 5.41 Å². The third-order valence-electron chi connectivity index (χ3n) is 8.21. The highest BCUT2D eigenvalue weighted by atomic mass is 35.5. The molecule has 9 heteroatoms. The monoisotopic (exact) mass is 552 g/mol. The maximum Gasteiger partial charge on any atom is 0.245 e. The van der Waals surface area contributed by atoms with Gasteiger partial charge in [-0.1, -0.05) is 30.3 Å². The lowest BCUT2D eigenvalue weighted by atomic mass is 9.71. The predicted molar refractivity (Wildman–Crippen MR) is 155 cm³/mol. The molecule has 8 nitrogen and oxygen atoms in total. The smallest absolute Gasteiger partial charge is 0.245 e. The molecule has 2 saturated heterocycles. The number of carbonyl (C=O) groups excluding carboxylic acids is 1. The zero-order valence-corrected chi connectivity index (χ0v) is 23.0. The third-order valence-corrected chi connectivity index (χ3v) is 8.58. The summed E-state index contributed by atoms with van der Waals surface area (Å²) in [6.07, 6.45) is 6.74. The SMILES string of the molecule is C=CC(=O)N1CC2(CCN(c3cc(OCc4ccccn4)c(Cl)c(-c4c(C)ccc5[nH]ncc45)c3C#N)CC2)C1. The average Bonchev–Trinajstić information content (AvgIpc) is 3.44. The zero-order valence-electron chi connectivity index (χ0n) is 22.3. The first-order valence-electron chi connectivity index (χ1n) is 13.3. The number of H-pyrrole nitrogens is 1. The Balaban J connectivity index is 1.41. The van der Waals surface area contributed by atoms with Gasteiger partial charge in [-0.05, 0) is 55.2 Å². The fraction of sp³-hybridized carbons (Fsp3) is 0.290. The van der Waals surface area contributed by atoms with Crippen LogP contribution in [0.3, 0.4) is 0 Å². The first kappa shape index (κ1) is 25.9. The van der Waals surface area contributed by atoms with Crippen molar-refractivity contribution in [1.29, 1.82) is 5.26 Å². The van der Waals surface area contributed by atoms with E-state index in [1.54, 1.807) is 12.4 Å². The molecule has 2 aliphatic rings. The van der Waals surface area contributed by atoms with Crippen molar-refractivity contribution >= 4 is 34.1 Å². The number of pyridine rings is 1. The summed E-state index contributed by atoms with van der Waals surface area (Å²) in [6, 6.07) is 14.0. The van der Waals surface area contributed by atoms with Gasteiger partial charge in [-0.3, -0.25) is 14.9 Å². The number of ether oxygens (including phenoxy) is 1. The second kappa shape index (κ2) is 10.3. The fourth-order valence-electron chi connectivity index (χ4n) is 6.00. The van der Waals surface area contributed by atoms with Crippen molar-refractivity contribution in [2.45, 2.75) is 26.4 Å². The van der Waals surface area contributed by atoms with Crippen molar-refractivity contribution < 1.29 is 9.53 Å². The van der Waals surface area contributed by atoms with E-state index in [1.165, 1.54) is 6.08 Å². The number of hydrogen-bond acceptors (Lipinski definition) is 6. The molecule has 4 aromatic rings. The van der Waals surface area contributed by atoms with Crippen molar-refractivity contribution in [1.82, 2.24) is 20.1 Å². The van der Waals surface area contributed by atoms with Crippen LogP contribution in [0.15, 0.2) is 61.4 Å². The number of fused-ring (bicyclic) bond motifs is 1. The third kappa shape index (κ3) is 4.46. The second-order valence-electron chi connectivity index (χ2n) is 10.7. The number of carbonyl (C=O) groups is 1. The van der Waals surface area contributed by atoms with E-state index >= 15 is 0 Å². The van der Waals surface area contributed by atoms with Gasteiger partial charge >= 0.3 is 0 Å². The van der Waals surface area contributed by atoms with Crippen molar-refractivity contribution in [3.8, 4) is 22.9 Å². The number of piperidine rings is 1. The van der Waals surface area contributed by atoms with Gasteiger partial charge in [0.25, 0.3) is 0 Å². The molecule has 0 unspecified atom stereocenters. The summed E-state index contributed by atoms with van der Waals surface area (Å²) in [4.78, 5) is 20.5. The van der Waals surface area contributed by atoms with Crippen LogP contribution in [0.2, 0.25) is 5.02 Å². The highest BCUT2D eigenvalue weighted by molar-refractivity contribution is 6.36. The maximum atomic E-state index is 12.0. The minimum Gasteiger partial charge on any atom is -0.486 e. The highest BCUT2D eigenvalue weighted by Crippen LogP contribution is 2.48. The van der Waals surface area contributed by atoms with Gasteiger partial charge in [0, 0.05) is 54.8 Å². The van der Waals surface area contributed by atoms with E-state index < -0.39 is 0 Å². The summed E-state index contributed by atoms with van der Waals surface area (Å²) < 4.78 is 6.27. The van der Waals surface area contributed by atoms with E-state index in [0.29, 0.717) is 21.9 Å². The standard InChI is InChI=1S/C31H29ClN6O2/c1-3-27(39)38-18-31(19-38)9-12-37(13-10-31)25-14-26(40-17-21-6-4-5-11-34-21)30(32)29(22(25)15-33)28-20(2)7-8-24-23(28)16-35-36-24/h3-8,11,14,16H,1,9-10,12-13,17-19H2,2H3,(H,35,36). The Morgan fingerprint density at radius 2 is 2.05 bits per heavy atom. The molecular weight excluding hydrogens is 524 g/mol. The summed E-state index contributed by atoms with van der Waals surface area (Å²) in [5, 5.41) is 19.1. The summed E-state index contributed by atoms with van der Waals surface area (Å²) in [5.74, 6) is 0.489. The highest BCUT2D eigenvalue weighted by Gasteiger charge is 2.46. The van der Waals surface area contributed by atoms with Crippen LogP contribution in [-0.4, -0.2) is 52.2 Å². The molecule has 4 heterocycles. The quantitative estimate of drug-likeness (QED) is 0.310. The summed E-state index contributed by atoms with van der Waals surface area (Å²) in [5.41, 5.74) is 5.57. The van der Waals surface area contributed by atoms with Crippen LogP contribution >= 0.6 is 11.6 Å². The topological polar surface area (TPSA) is 98.1 Å². The average molecular weight is 553 g/mol. The molecule has 2 aliphatic heterocycles. The van der Waals surface area contributed by atoms with Gasteiger partial charge in [0.15, 0.2) is 0 Å². The van der Waals surface area contributed by atoms with E-state index in [0.717, 1.165) is 72.4 Å². The largest absolute Gasteiger partial charge is 0.486 e. The molecule has 40 heavy (non-hydrogen) atoms. The molecule has 2 aromatic heterocycles. The van der Waals surface area contributed by atoms with Crippen LogP contribution < -0.4 is 9.64 Å². The van der Waals surface area contributed by atoms with E-state index in [9.17, 15) is 10.1 Å². The Bertz CT molecular complexity index is 1640. The molecule has 2 aromatic carbocycles. The lowest BCUT2D eigenvalue weighted by molar-refractivity contribution is -0.139. The Morgan fingerprint density at radius 1 is 1.25 bits per heavy atom. The van der Waals surface area contributed by atoms with Crippen molar-refractivity contribution in [2.75, 3.05) is 31.1 Å². The number of nitrogens with zero attached hydrogens (tertiary/aromatic N) is 5. The van der Waals surface area contributed by atoms with Gasteiger partial charge in [-0.25, -0.2) is 0 Å². The van der Waals surface area contributed by atoms with Crippen LogP contribution in [0.5, 0.6) is 5.75 Å². The molecule has 202 valence electrons. The number of amides is 1. The molecule has 1 amide bonds. The molecule has 0 atom stereocenters. The number of hydrogen-bond donors (Lipinski definition) is 1. The van der Waals surface area contributed by atoms with Crippen LogP contribution in [0.1, 0.15) is 29.7 Å². The molecule has 0 aliphatic carbocycles. The second-order valence-corrected chi connectivity index (χ2v) is 11.0. The summed E-state index contributed by atoms with van der Waals surface area (Å²) in [7, 11) is 0. The first-order valence-corrected chi connectivity index (χ1v) is 13.7. The molecule has 0 bridgehead atoms. The molecule has 6 rings (SSSR count). The van der Waals surface area contributed by atoms with Crippen molar-refractivity contribution in [3.05, 3.63) is 83.3 Å². The van der Waals surface area contributed by atoms with Gasteiger partial charge in [0.1, 0.15) is 18.4 Å². The maximum absolute atomic E-state index is 12.0. The molecular formula is C31H29ClN6O2. The number of rotatable bonds is 6. The lowest BCUT2D eigenvalue weighted by Gasteiger charge is -2.54. The van der Waals surface area contributed by atoms with Crippen LogP contribution in [-0.2, 0) is 11.4 Å². The number of nitriles is 1. The number of nitrogens with one attached hydrogen (secondary N) is 1. The van der Waals surface area contributed by atoms with Gasteiger partial charge in [-0.2, -0.15) is 10.4 Å². The van der Waals surface area contributed by atoms with Crippen LogP contribution in [0, 0.1) is 23.7 Å². The van der Waals surface area contributed by atoms with Crippen LogP contribution in [0.4, 0.5) is 5.69 Å². The number of anilines is 1. The Morgan fingerprint density at radius 3 is 2.75 bits per heavy atom. The number of benzene rings is 2. The Hall–Kier alpha value is -4.35. The number of likely N-dealkylation sites (tertiary alicyclic amines) is 1. The molecule has 0 radical (unpaired) electrons. The van der Waals surface area contributed by atoms with Crippen LogP contribution in [0.25, 0.3) is 22.0 Å². The lowest BCUT2D eigenvalue weighted by Crippen LogP contribution is -2.61. The summed E-state index contributed by atoms with van der Waals surface area (Å²) in [6.45, 7) is 8.90. The van der Waals surface area contributed by atoms with Crippen molar-refractivity contribution in [3.63, 3.8) is 0 Å². The van der Waals surface area contributed by atoms with Gasteiger partial charge in [0.2, 0.25) is 5.91 Å². The van der Waals surface area contributed by atoms with E-state index in [2.05, 4.69) is 32.7 Å². The van der Waals surface area contributed by atoms with E-state index in [-0.39, 0.29) is 17.9 Å². The first-order chi connectivity index (χ1) is 19.4. The molecule has 0 saturated carbocycles. The molecule has 1 N–H and O–H groups in total. The predicted octanol–water partition coefficient (Wildman–Crippen LogP) is 5.65. The molecule has 1 spiro atoms. The minimum atomic E-state index is -0.0133. The number of aryl methyl sites for hydroxylation is 1. The molecule has 2 fully saturated rings. The minimum absolute atomic E-state index is 0.0133. The normalized spacial score (nSPS) is 16.0. The number of aromatic amines is 1. The number of halogens is 1. The fourth-order valence-corrected chi connectivity index (χ4v) is 6.30. The zero-order chi connectivity index (χ0) is 27.9. The van der Waals surface area contributed by atoms with Gasteiger partial charge < -0.3 is 14.5 Å².